The lowest BCUT2D eigenvalue weighted by molar-refractivity contribution is -0.117. The first-order valence-corrected chi connectivity index (χ1v) is 11.7. The number of benzene rings is 1. The molecule has 174 valence electrons. The van der Waals surface area contributed by atoms with E-state index in [-0.39, 0.29) is 5.91 Å². The molecular formula is C25H37N5O2. The van der Waals surface area contributed by atoms with Gasteiger partial charge in [0.15, 0.2) is 0 Å². The lowest BCUT2D eigenvalue weighted by Gasteiger charge is -2.23. The fourth-order valence-electron chi connectivity index (χ4n) is 4.13. The van der Waals surface area contributed by atoms with Gasteiger partial charge in [0.1, 0.15) is 17.6 Å². The van der Waals surface area contributed by atoms with E-state index in [1.807, 2.05) is 37.3 Å². The van der Waals surface area contributed by atoms with Gasteiger partial charge in [-0.2, -0.15) is 4.98 Å². The van der Waals surface area contributed by atoms with Crippen molar-refractivity contribution in [1.82, 2.24) is 9.97 Å². The molecule has 3 N–H and O–H groups in total. The third kappa shape index (κ3) is 7.39. The molecule has 7 heteroatoms. The van der Waals surface area contributed by atoms with E-state index in [2.05, 4.69) is 39.8 Å². The number of ether oxygens (including phenoxy) is 1. The minimum Gasteiger partial charge on any atom is -0.497 e. The molecule has 0 bridgehead atoms. The summed E-state index contributed by atoms with van der Waals surface area (Å²) in [6.07, 6.45) is 7.21. The van der Waals surface area contributed by atoms with Crippen molar-refractivity contribution in [2.75, 3.05) is 29.6 Å². The fourth-order valence-corrected chi connectivity index (χ4v) is 4.13. The minimum atomic E-state index is -0.405. The maximum Gasteiger partial charge on any atom is 0.246 e. The van der Waals surface area contributed by atoms with Gasteiger partial charge in [-0.25, -0.2) is 4.98 Å². The zero-order valence-corrected chi connectivity index (χ0v) is 19.8. The molecule has 1 aromatic carbocycles. The number of anilines is 3. The topological polar surface area (TPSA) is 88.2 Å². The van der Waals surface area contributed by atoms with Gasteiger partial charge < -0.3 is 20.7 Å². The second-order valence-corrected chi connectivity index (χ2v) is 9.15. The summed E-state index contributed by atoms with van der Waals surface area (Å²) < 4.78 is 5.19. The molecule has 1 atom stereocenters. The molecule has 0 aliphatic heterocycles. The smallest absolute Gasteiger partial charge is 0.246 e. The molecule has 1 aliphatic carbocycles. The van der Waals surface area contributed by atoms with Gasteiger partial charge in [-0.05, 0) is 62.3 Å². The molecule has 1 saturated carbocycles. The van der Waals surface area contributed by atoms with E-state index in [0.29, 0.717) is 30.0 Å². The number of carbonyl (C=O) groups is 1. The molecule has 3 rings (SSSR count). The highest BCUT2D eigenvalue weighted by Crippen LogP contribution is 2.24. The Kier molecular flexibility index (Phi) is 8.71. The van der Waals surface area contributed by atoms with Gasteiger partial charge in [-0.3, -0.25) is 4.79 Å². The first-order chi connectivity index (χ1) is 15.4. The molecule has 1 aromatic heterocycles. The number of aryl methyl sites for hydroxylation is 1. The number of aromatic nitrogens is 2. The van der Waals surface area contributed by atoms with Gasteiger partial charge in [0.25, 0.3) is 0 Å². The van der Waals surface area contributed by atoms with Gasteiger partial charge in [0.2, 0.25) is 11.9 Å². The Morgan fingerprint density at radius 2 is 1.84 bits per heavy atom. The van der Waals surface area contributed by atoms with Crippen LogP contribution in [0, 0.1) is 18.8 Å². The summed E-state index contributed by atoms with van der Waals surface area (Å²) in [4.78, 5) is 22.2. The molecule has 0 radical (unpaired) electrons. The molecule has 32 heavy (non-hydrogen) atoms. The largest absolute Gasteiger partial charge is 0.497 e. The van der Waals surface area contributed by atoms with E-state index >= 15 is 0 Å². The summed E-state index contributed by atoms with van der Waals surface area (Å²) in [6, 6.07) is 8.82. The molecule has 1 fully saturated rings. The van der Waals surface area contributed by atoms with Crippen LogP contribution < -0.4 is 20.7 Å². The molecule has 1 aliphatic rings. The van der Waals surface area contributed by atoms with Crippen LogP contribution in [0.1, 0.15) is 58.1 Å². The van der Waals surface area contributed by atoms with Gasteiger partial charge in [0.05, 0.1) is 7.11 Å². The summed E-state index contributed by atoms with van der Waals surface area (Å²) in [5.41, 5.74) is 1.60. The van der Waals surface area contributed by atoms with Crippen molar-refractivity contribution >= 4 is 23.4 Å². The molecule has 2 aromatic rings. The summed E-state index contributed by atoms with van der Waals surface area (Å²) >= 11 is 0. The number of hydrogen-bond donors (Lipinski definition) is 3. The lowest BCUT2D eigenvalue weighted by atomic mass is 9.89. The SMILES string of the molecule is COc1ccc(NC(=O)[C@H](CC(C)C)Nc2cc(C)nc(NCC3CCCCC3)n2)cc1. The Balaban J connectivity index is 1.66. The average Bonchev–Trinajstić information content (AvgIpc) is 2.78. The molecule has 1 heterocycles. The molecular weight excluding hydrogens is 402 g/mol. The Morgan fingerprint density at radius 1 is 1.12 bits per heavy atom. The van der Waals surface area contributed by atoms with Crippen LogP contribution in [0.3, 0.4) is 0 Å². The van der Waals surface area contributed by atoms with Crippen molar-refractivity contribution in [2.24, 2.45) is 11.8 Å². The van der Waals surface area contributed by atoms with Gasteiger partial charge in [-0.15, -0.1) is 0 Å². The van der Waals surface area contributed by atoms with Crippen LogP contribution in [0.4, 0.5) is 17.5 Å². The highest BCUT2D eigenvalue weighted by atomic mass is 16.5. The highest BCUT2D eigenvalue weighted by molar-refractivity contribution is 5.96. The standard InChI is InChI=1S/C25H37N5O2/c1-17(2)14-22(24(31)28-20-10-12-21(32-4)13-11-20)29-23-15-18(3)27-25(30-23)26-16-19-8-6-5-7-9-19/h10-13,15,17,19,22H,5-9,14,16H2,1-4H3,(H,28,31)(H2,26,27,29,30)/t22-/m0/s1. The summed E-state index contributed by atoms with van der Waals surface area (Å²) in [7, 11) is 1.62. The van der Waals surface area contributed by atoms with Crippen molar-refractivity contribution in [2.45, 2.75) is 65.3 Å². The first-order valence-electron chi connectivity index (χ1n) is 11.7. The summed E-state index contributed by atoms with van der Waals surface area (Å²) in [6.45, 7) is 7.07. The molecule has 0 saturated heterocycles. The van der Waals surface area contributed by atoms with Gasteiger partial charge in [-0.1, -0.05) is 33.1 Å². The highest BCUT2D eigenvalue weighted by Gasteiger charge is 2.21. The quantitative estimate of drug-likeness (QED) is 0.468. The van der Waals surface area contributed by atoms with Crippen LogP contribution in [0.2, 0.25) is 0 Å². The van der Waals surface area contributed by atoms with Crippen molar-refractivity contribution < 1.29 is 9.53 Å². The maximum atomic E-state index is 13.0. The van der Waals surface area contributed by atoms with E-state index in [1.165, 1.54) is 32.1 Å². The Bertz CT molecular complexity index is 863. The van der Waals surface area contributed by atoms with Crippen molar-refractivity contribution in [3.8, 4) is 5.75 Å². The van der Waals surface area contributed by atoms with Gasteiger partial charge >= 0.3 is 0 Å². The van der Waals surface area contributed by atoms with E-state index in [0.717, 1.165) is 23.7 Å². The Morgan fingerprint density at radius 3 is 2.50 bits per heavy atom. The van der Waals surface area contributed by atoms with E-state index in [9.17, 15) is 4.79 Å². The number of nitrogens with zero attached hydrogens (tertiary/aromatic N) is 2. The van der Waals surface area contributed by atoms with Crippen molar-refractivity contribution in [3.63, 3.8) is 0 Å². The number of nitrogens with one attached hydrogen (secondary N) is 3. The predicted molar refractivity (Wildman–Crippen MR) is 130 cm³/mol. The monoisotopic (exact) mass is 439 g/mol. The molecule has 7 nitrogen and oxygen atoms in total. The second-order valence-electron chi connectivity index (χ2n) is 9.15. The summed E-state index contributed by atoms with van der Waals surface area (Å²) in [5.74, 6) is 2.99. The summed E-state index contributed by atoms with van der Waals surface area (Å²) in [5, 5.41) is 9.76. The third-order valence-electron chi connectivity index (χ3n) is 5.83. The number of carbonyl (C=O) groups excluding carboxylic acids is 1. The van der Waals surface area contributed by atoms with Crippen molar-refractivity contribution in [3.05, 3.63) is 36.0 Å². The molecule has 0 unspecified atom stereocenters. The normalized spacial score (nSPS) is 15.3. The first kappa shape index (κ1) is 23.8. The minimum absolute atomic E-state index is 0.0863. The number of hydrogen-bond acceptors (Lipinski definition) is 6. The lowest BCUT2D eigenvalue weighted by Crippen LogP contribution is -2.36. The number of rotatable bonds is 10. The number of amides is 1. The van der Waals surface area contributed by atoms with Crippen molar-refractivity contribution in [1.29, 1.82) is 0 Å². The second kappa shape index (κ2) is 11.7. The molecule has 0 spiro atoms. The van der Waals surface area contributed by atoms with E-state index in [1.54, 1.807) is 7.11 Å². The predicted octanol–water partition coefficient (Wildman–Crippen LogP) is 5.25. The Hall–Kier alpha value is -2.83. The zero-order chi connectivity index (χ0) is 22.9. The third-order valence-corrected chi connectivity index (χ3v) is 5.83. The molecule has 1 amide bonds. The van der Waals surface area contributed by atoms with E-state index in [4.69, 9.17) is 4.74 Å². The number of methoxy groups -OCH3 is 1. The fraction of sp³-hybridized carbons (Fsp3) is 0.560. The Labute approximate surface area is 191 Å². The average molecular weight is 440 g/mol. The van der Waals surface area contributed by atoms with Crippen LogP contribution in [-0.4, -0.2) is 35.6 Å². The van der Waals surface area contributed by atoms with Crippen LogP contribution in [0.5, 0.6) is 5.75 Å². The van der Waals surface area contributed by atoms with Crippen LogP contribution >= 0.6 is 0 Å². The maximum absolute atomic E-state index is 13.0. The zero-order valence-electron chi connectivity index (χ0n) is 19.8. The van der Waals surface area contributed by atoms with E-state index < -0.39 is 6.04 Å². The van der Waals surface area contributed by atoms with Gasteiger partial charge in [0, 0.05) is 24.0 Å². The van der Waals surface area contributed by atoms with Crippen LogP contribution in [0.15, 0.2) is 30.3 Å². The van der Waals surface area contributed by atoms with Crippen LogP contribution in [0.25, 0.3) is 0 Å². The van der Waals surface area contributed by atoms with Crippen LogP contribution in [-0.2, 0) is 4.79 Å².